The molecule has 0 aromatic heterocycles. The highest BCUT2D eigenvalue weighted by molar-refractivity contribution is 6.88. The van der Waals surface area contributed by atoms with Crippen LogP contribution in [0.4, 0.5) is 0 Å². The maximum atomic E-state index is 6.29. The molecule has 0 aliphatic rings. The molecule has 1 aromatic rings. The van der Waals surface area contributed by atoms with Crippen molar-refractivity contribution in [1.29, 1.82) is 0 Å². The zero-order chi connectivity index (χ0) is 14.5. The Morgan fingerprint density at radius 2 is 1.42 bits per heavy atom. The molecule has 3 nitrogen and oxygen atoms in total. The minimum atomic E-state index is -2.34. The number of hydrogen-bond acceptors (Lipinski definition) is 3. The van der Waals surface area contributed by atoms with Crippen molar-refractivity contribution in [3.63, 3.8) is 0 Å². The first-order chi connectivity index (χ1) is 8.83. The van der Waals surface area contributed by atoms with Gasteiger partial charge in [0.2, 0.25) is 0 Å². The first-order valence-electron chi connectivity index (χ1n) is 6.39. The molecule has 0 spiro atoms. The van der Waals surface area contributed by atoms with Crippen LogP contribution in [0.1, 0.15) is 0 Å². The van der Waals surface area contributed by atoms with Gasteiger partial charge in [-0.05, 0) is 44.5 Å². The van der Waals surface area contributed by atoms with Crippen LogP contribution in [0.25, 0.3) is 0 Å². The van der Waals surface area contributed by atoms with Gasteiger partial charge in [0.25, 0.3) is 0 Å². The van der Waals surface area contributed by atoms with E-state index >= 15 is 0 Å². The summed E-state index contributed by atoms with van der Waals surface area (Å²) in [6, 6.07) is 10.3. The van der Waals surface area contributed by atoms with Crippen LogP contribution in [-0.2, 0) is 12.3 Å². The van der Waals surface area contributed by atoms with E-state index < -0.39 is 35.9 Å². The van der Waals surface area contributed by atoms with Crippen LogP contribution in [0.15, 0.2) is 30.3 Å². The summed E-state index contributed by atoms with van der Waals surface area (Å²) in [6.45, 7) is 12.8. The third-order valence-corrected chi connectivity index (χ3v) is 12.4. The molecule has 105 valence electrons. The molecular formula is C12H23O3Si4. The lowest BCUT2D eigenvalue weighted by Crippen LogP contribution is -2.56. The lowest BCUT2D eigenvalue weighted by Gasteiger charge is -2.32. The van der Waals surface area contributed by atoms with Gasteiger partial charge in [-0.3, -0.25) is 0 Å². The van der Waals surface area contributed by atoms with Crippen molar-refractivity contribution < 1.29 is 12.3 Å². The minimum absolute atomic E-state index is 0.720. The predicted molar refractivity (Wildman–Crippen MR) is 87.5 cm³/mol. The van der Waals surface area contributed by atoms with Gasteiger partial charge < -0.3 is 12.3 Å². The molecule has 0 bridgehead atoms. The van der Waals surface area contributed by atoms with Crippen molar-refractivity contribution in [3.8, 4) is 0 Å². The molecule has 3 radical (unpaired) electrons. The molecule has 1 atom stereocenters. The average Bonchev–Trinajstić information content (AvgIpc) is 2.27. The van der Waals surface area contributed by atoms with E-state index in [0.717, 1.165) is 0 Å². The minimum Gasteiger partial charge on any atom is -0.436 e. The lowest BCUT2D eigenvalue weighted by atomic mass is 10.4. The summed E-state index contributed by atoms with van der Waals surface area (Å²) in [5.41, 5.74) is 0. The van der Waals surface area contributed by atoms with Crippen molar-refractivity contribution in [1.82, 2.24) is 0 Å². The molecule has 0 aliphatic heterocycles. The van der Waals surface area contributed by atoms with Gasteiger partial charge >= 0.3 is 17.8 Å². The number of rotatable bonds is 7. The Kier molecular flexibility index (Phi) is 6.87. The van der Waals surface area contributed by atoms with E-state index in [9.17, 15) is 0 Å². The molecule has 0 aliphatic carbocycles. The molecule has 0 saturated heterocycles. The van der Waals surface area contributed by atoms with E-state index in [1.807, 2.05) is 18.2 Å². The molecule has 0 heterocycles. The zero-order valence-corrected chi connectivity index (χ0v) is 16.6. The average molecular weight is 328 g/mol. The summed E-state index contributed by atoms with van der Waals surface area (Å²) in [7, 11) is -5.10. The van der Waals surface area contributed by atoms with Gasteiger partial charge in [-0.2, -0.15) is 0 Å². The predicted octanol–water partition coefficient (Wildman–Crippen LogP) is 2.64. The Labute approximate surface area is 123 Å². The van der Waals surface area contributed by atoms with E-state index in [1.54, 1.807) is 0 Å². The van der Waals surface area contributed by atoms with Crippen molar-refractivity contribution in [2.75, 3.05) is 0 Å². The van der Waals surface area contributed by atoms with Crippen molar-refractivity contribution in [2.24, 2.45) is 0 Å². The van der Waals surface area contributed by atoms with Crippen LogP contribution in [0.3, 0.4) is 0 Å². The molecule has 1 aromatic carbocycles. The van der Waals surface area contributed by atoms with E-state index in [4.69, 9.17) is 12.3 Å². The van der Waals surface area contributed by atoms with Gasteiger partial charge in [0.15, 0.2) is 18.1 Å². The van der Waals surface area contributed by atoms with E-state index in [0.29, 0.717) is 0 Å². The molecular weight excluding hydrogens is 304 g/mol. The fourth-order valence-electron chi connectivity index (χ4n) is 1.85. The van der Waals surface area contributed by atoms with E-state index in [2.05, 4.69) is 51.4 Å². The highest BCUT2D eigenvalue weighted by atomic mass is 28.5. The Morgan fingerprint density at radius 1 is 0.842 bits per heavy atom. The largest absolute Gasteiger partial charge is 0.436 e. The van der Waals surface area contributed by atoms with E-state index in [-0.39, 0.29) is 0 Å². The molecule has 0 saturated carbocycles. The molecule has 7 heteroatoms. The van der Waals surface area contributed by atoms with Gasteiger partial charge in [0.05, 0.1) is 0 Å². The summed E-state index contributed by atoms with van der Waals surface area (Å²) in [4.78, 5) is 0. The first-order valence-corrected chi connectivity index (χ1v) is 15.3. The van der Waals surface area contributed by atoms with Crippen LogP contribution in [-0.4, -0.2) is 35.9 Å². The van der Waals surface area contributed by atoms with Crippen LogP contribution in [0.2, 0.25) is 39.3 Å². The van der Waals surface area contributed by atoms with Crippen LogP contribution in [0, 0.1) is 0 Å². The van der Waals surface area contributed by atoms with Crippen molar-refractivity contribution in [2.45, 2.75) is 39.3 Å². The van der Waals surface area contributed by atoms with Crippen LogP contribution >= 0.6 is 0 Å². The second-order valence-electron chi connectivity index (χ2n) is 4.93. The van der Waals surface area contributed by atoms with Gasteiger partial charge in [-0.1, -0.05) is 30.3 Å². The molecule has 1 unspecified atom stereocenters. The van der Waals surface area contributed by atoms with Crippen LogP contribution < -0.4 is 5.19 Å². The SMILES string of the molecule is C[Si](C)O[Si](C)O[Si](C)(O[Si](C)C)c1ccccc1. The second-order valence-corrected chi connectivity index (χ2v) is 14.5. The van der Waals surface area contributed by atoms with Gasteiger partial charge in [-0.25, -0.2) is 0 Å². The van der Waals surface area contributed by atoms with Crippen molar-refractivity contribution in [3.05, 3.63) is 30.3 Å². The molecule has 0 fully saturated rings. The Balaban J connectivity index is 2.87. The maximum Gasteiger partial charge on any atom is 0.360 e. The molecule has 0 N–H and O–H groups in total. The highest BCUT2D eigenvalue weighted by Crippen LogP contribution is 2.12. The van der Waals surface area contributed by atoms with Crippen molar-refractivity contribution >= 4 is 41.1 Å². The van der Waals surface area contributed by atoms with E-state index in [1.165, 1.54) is 5.19 Å². The Morgan fingerprint density at radius 3 is 1.89 bits per heavy atom. The summed E-state index contributed by atoms with van der Waals surface area (Å²) in [5.74, 6) is 0. The van der Waals surface area contributed by atoms with Gasteiger partial charge in [0, 0.05) is 0 Å². The second kappa shape index (κ2) is 7.67. The normalized spacial score (nSPS) is 15.2. The summed E-state index contributed by atoms with van der Waals surface area (Å²) >= 11 is 0. The summed E-state index contributed by atoms with van der Waals surface area (Å²) < 4.78 is 18.4. The first kappa shape index (κ1) is 17.0. The molecule has 1 rings (SSSR count). The monoisotopic (exact) mass is 327 g/mol. The lowest BCUT2D eigenvalue weighted by molar-refractivity contribution is 0.368. The number of benzene rings is 1. The Hall–Kier alpha value is -0.0325. The van der Waals surface area contributed by atoms with Gasteiger partial charge in [0.1, 0.15) is 0 Å². The quantitative estimate of drug-likeness (QED) is 0.721. The third kappa shape index (κ3) is 5.86. The fraction of sp³-hybridized carbons (Fsp3) is 0.500. The molecule has 0 amide bonds. The maximum absolute atomic E-state index is 6.29. The molecule has 19 heavy (non-hydrogen) atoms. The highest BCUT2D eigenvalue weighted by Gasteiger charge is 2.38. The summed E-state index contributed by atoms with van der Waals surface area (Å²) in [6.07, 6.45) is 0. The smallest absolute Gasteiger partial charge is 0.360 e. The fourth-order valence-corrected chi connectivity index (χ4v) is 12.3. The zero-order valence-electron chi connectivity index (χ0n) is 12.6. The van der Waals surface area contributed by atoms with Gasteiger partial charge in [-0.15, -0.1) is 0 Å². The number of hydrogen-bond donors (Lipinski definition) is 0. The van der Waals surface area contributed by atoms with Crippen LogP contribution in [0.5, 0.6) is 0 Å². The topological polar surface area (TPSA) is 27.7 Å². The standard InChI is InChI=1S/C12H23O3Si4/c1-16(2)13-18(5)15-19(6,14-17(3)4)12-10-8-7-9-11-12/h7-11H,1-6H3. The summed E-state index contributed by atoms with van der Waals surface area (Å²) in [5, 5.41) is 1.19. The third-order valence-electron chi connectivity index (χ3n) is 2.38. The Bertz CT molecular complexity index is 374.